The van der Waals surface area contributed by atoms with Gasteiger partial charge in [0.05, 0.1) is 5.25 Å². The third kappa shape index (κ3) is 3.73. The Bertz CT molecular complexity index is 587. The van der Waals surface area contributed by atoms with Crippen LogP contribution >= 0.6 is 11.8 Å². The van der Waals surface area contributed by atoms with Crippen molar-refractivity contribution in [3.05, 3.63) is 65.2 Å². The fraction of sp³-hybridized carbons (Fsp3) is 0.278. The Labute approximate surface area is 125 Å². The molecule has 2 aromatic carbocycles. The average Bonchev–Trinajstić information content (AvgIpc) is 2.46. The highest BCUT2D eigenvalue weighted by Crippen LogP contribution is 2.26. The fourth-order valence-corrected chi connectivity index (χ4v) is 3.15. The molecule has 0 fully saturated rings. The number of thioether (sulfide) groups is 1. The molecule has 104 valence electrons. The van der Waals surface area contributed by atoms with Crippen LogP contribution < -0.4 is 0 Å². The van der Waals surface area contributed by atoms with Gasteiger partial charge in [-0.2, -0.15) is 0 Å². The minimum atomic E-state index is -0.0655. The predicted molar refractivity (Wildman–Crippen MR) is 86.6 cm³/mol. The maximum Gasteiger partial charge on any atom is 0.175 e. The molecule has 2 rings (SSSR count). The third-order valence-corrected chi connectivity index (χ3v) is 4.41. The monoisotopic (exact) mass is 284 g/mol. The van der Waals surface area contributed by atoms with Crippen molar-refractivity contribution < 1.29 is 4.79 Å². The van der Waals surface area contributed by atoms with Crippen molar-refractivity contribution in [2.45, 2.75) is 37.3 Å². The summed E-state index contributed by atoms with van der Waals surface area (Å²) < 4.78 is 0. The largest absolute Gasteiger partial charge is 0.293 e. The maximum absolute atomic E-state index is 12.4. The first-order valence-corrected chi connectivity index (χ1v) is 7.84. The second-order valence-electron chi connectivity index (χ2n) is 4.99. The van der Waals surface area contributed by atoms with Gasteiger partial charge in [-0.05, 0) is 38.0 Å². The number of carbonyl (C=O) groups is 1. The van der Waals surface area contributed by atoms with Crippen LogP contribution in [0.5, 0.6) is 0 Å². The normalized spacial score (nSPS) is 12.2. The Hall–Kier alpha value is -1.54. The molecule has 1 nitrogen and oxygen atoms in total. The molecule has 0 amide bonds. The molecule has 0 heterocycles. The highest BCUT2D eigenvalue weighted by Gasteiger charge is 2.16. The molecular weight excluding hydrogens is 264 g/mol. The molecule has 0 aliphatic heterocycles. The molecule has 0 aromatic heterocycles. The Morgan fingerprint density at radius 3 is 2.45 bits per heavy atom. The lowest BCUT2D eigenvalue weighted by Gasteiger charge is -2.11. The van der Waals surface area contributed by atoms with E-state index in [4.69, 9.17) is 0 Å². The molecule has 0 aliphatic rings. The van der Waals surface area contributed by atoms with E-state index in [1.165, 1.54) is 11.1 Å². The Morgan fingerprint density at radius 1 is 1.15 bits per heavy atom. The summed E-state index contributed by atoms with van der Waals surface area (Å²) in [4.78, 5) is 13.6. The molecule has 2 aromatic rings. The highest BCUT2D eigenvalue weighted by molar-refractivity contribution is 8.00. The molecule has 20 heavy (non-hydrogen) atoms. The van der Waals surface area contributed by atoms with Crippen molar-refractivity contribution in [3.8, 4) is 0 Å². The van der Waals surface area contributed by atoms with Crippen molar-refractivity contribution in [1.29, 1.82) is 0 Å². The van der Waals surface area contributed by atoms with Crippen LogP contribution in [0.1, 0.15) is 35.3 Å². The number of Topliss-reactive ketones (excluding diaryl/α,β-unsaturated/α-hetero) is 1. The van der Waals surface area contributed by atoms with Crippen LogP contribution in [0.2, 0.25) is 0 Å². The zero-order valence-corrected chi connectivity index (χ0v) is 13.0. The van der Waals surface area contributed by atoms with Gasteiger partial charge in [-0.15, -0.1) is 11.8 Å². The van der Waals surface area contributed by atoms with Gasteiger partial charge in [-0.25, -0.2) is 0 Å². The van der Waals surface area contributed by atoms with Crippen molar-refractivity contribution in [2.24, 2.45) is 0 Å². The lowest BCUT2D eigenvalue weighted by Crippen LogP contribution is -2.13. The molecule has 2 heteroatoms. The van der Waals surface area contributed by atoms with Crippen molar-refractivity contribution in [3.63, 3.8) is 0 Å². The van der Waals surface area contributed by atoms with E-state index in [1.807, 2.05) is 37.3 Å². The highest BCUT2D eigenvalue weighted by atomic mass is 32.2. The van der Waals surface area contributed by atoms with Gasteiger partial charge in [0.2, 0.25) is 0 Å². The van der Waals surface area contributed by atoms with Crippen LogP contribution in [0.25, 0.3) is 0 Å². The van der Waals surface area contributed by atoms with Crippen molar-refractivity contribution in [1.82, 2.24) is 0 Å². The second kappa shape index (κ2) is 6.76. The summed E-state index contributed by atoms with van der Waals surface area (Å²) in [7, 11) is 0. The van der Waals surface area contributed by atoms with Crippen molar-refractivity contribution in [2.75, 3.05) is 0 Å². The third-order valence-electron chi connectivity index (χ3n) is 3.32. The fourth-order valence-electron chi connectivity index (χ4n) is 2.09. The van der Waals surface area contributed by atoms with E-state index in [-0.39, 0.29) is 11.0 Å². The number of aryl methyl sites for hydroxylation is 2. The Morgan fingerprint density at radius 2 is 1.85 bits per heavy atom. The van der Waals surface area contributed by atoms with Crippen LogP contribution in [0.3, 0.4) is 0 Å². The minimum absolute atomic E-state index is 0.0655. The topological polar surface area (TPSA) is 17.1 Å². The molecule has 0 aliphatic carbocycles. The first kappa shape index (κ1) is 14.9. The summed E-state index contributed by atoms with van der Waals surface area (Å²) in [5.41, 5.74) is 3.29. The predicted octanol–water partition coefficient (Wildman–Crippen LogP) is 4.92. The van der Waals surface area contributed by atoms with Gasteiger partial charge in [-0.3, -0.25) is 4.79 Å². The molecule has 0 bridgehead atoms. The molecule has 0 saturated carbocycles. The maximum atomic E-state index is 12.4. The van der Waals surface area contributed by atoms with Crippen LogP contribution in [0.15, 0.2) is 53.4 Å². The van der Waals surface area contributed by atoms with E-state index in [9.17, 15) is 4.79 Å². The van der Waals surface area contributed by atoms with E-state index in [2.05, 4.69) is 32.0 Å². The molecule has 0 saturated heterocycles. The lowest BCUT2D eigenvalue weighted by atomic mass is 10.1. The molecule has 0 spiro atoms. The van der Waals surface area contributed by atoms with Crippen LogP contribution in [-0.2, 0) is 6.42 Å². The molecular formula is C18H20OS. The Kier molecular flexibility index (Phi) is 5.02. The molecule has 0 N–H and O–H groups in total. The van der Waals surface area contributed by atoms with Crippen LogP contribution in [0, 0.1) is 6.92 Å². The second-order valence-corrected chi connectivity index (χ2v) is 6.41. The summed E-state index contributed by atoms with van der Waals surface area (Å²) in [6.45, 7) is 6.16. The molecule has 1 atom stereocenters. The summed E-state index contributed by atoms with van der Waals surface area (Å²) in [6.07, 6.45) is 1.00. The van der Waals surface area contributed by atoms with Gasteiger partial charge in [0.1, 0.15) is 0 Å². The number of carbonyl (C=O) groups excluding carboxylic acids is 1. The van der Waals surface area contributed by atoms with Gasteiger partial charge in [0.25, 0.3) is 0 Å². The summed E-state index contributed by atoms with van der Waals surface area (Å²) >= 11 is 1.62. The zero-order chi connectivity index (χ0) is 14.5. The van der Waals surface area contributed by atoms with Gasteiger partial charge >= 0.3 is 0 Å². The summed E-state index contributed by atoms with van der Waals surface area (Å²) in [5.74, 6) is 0.194. The quantitative estimate of drug-likeness (QED) is 0.572. The SMILES string of the molecule is CCc1ccc(C(=O)C(C)Sc2cccc(C)c2)cc1. The lowest BCUT2D eigenvalue weighted by molar-refractivity contribution is 0.0994. The number of benzene rings is 2. The average molecular weight is 284 g/mol. The van der Waals surface area contributed by atoms with Gasteiger partial charge in [-0.1, -0.05) is 48.9 Å². The van der Waals surface area contributed by atoms with Gasteiger partial charge in [0.15, 0.2) is 5.78 Å². The van der Waals surface area contributed by atoms with Crippen LogP contribution in [0.4, 0.5) is 0 Å². The van der Waals surface area contributed by atoms with Crippen molar-refractivity contribution >= 4 is 17.5 Å². The van der Waals surface area contributed by atoms with E-state index in [1.54, 1.807) is 11.8 Å². The smallest absolute Gasteiger partial charge is 0.175 e. The Balaban J connectivity index is 2.07. The number of hydrogen-bond acceptors (Lipinski definition) is 2. The standard InChI is InChI=1S/C18H20OS/c1-4-15-8-10-16(11-9-15)18(19)14(3)20-17-7-5-6-13(2)12-17/h5-12,14H,4H2,1-3H3. The number of ketones is 1. The zero-order valence-electron chi connectivity index (χ0n) is 12.2. The number of hydrogen-bond donors (Lipinski definition) is 0. The summed E-state index contributed by atoms with van der Waals surface area (Å²) in [5, 5.41) is -0.0655. The molecule has 0 radical (unpaired) electrons. The first-order chi connectivity index (χ1) is 9.60. The van der Waals surface area contributed by atoms with E-state index >= 15 is 0 Å². The van der Waals surface area contributed by atoms with Gasteiger partial charge < -0.3 is 0 Å². The summed E-state index contributed by atoms with van der Waals surface area (Å²) in [6, 6.07) is 16.2. The minimum Gasteiger partial charge on any atom is -0.293 e. The molecule has 1 unspecified atom stereocenters. The number of rotatable bonds is 5. The van der Waals surface area contributed by atoms with E-state index in [0.717, 1.165) is 16.9 Å². The van der Waals surface area contributed by atoms with Crippen LogP contribution in [-0.4, -0.2) is 11.0 Å². The van der Waals surface area contributed by atoms with E-state index in [0.29, 0.717) is 0 Å². The van der Waals surface area contributed by atoms with E-state index < -0.39 is 0 Å². The first-order valence-electron chi connectivity index (χ1n) is 6.96. The van der Waals surface area contributed by atoms with Gasteiger partial charge in [0, 0.05) is 10.5 Å².